The first-order valence-electron chi connectivity index (χ1n) is 6.06. The SMILES string of the molecule is COCCCC(CN)(C(=O)O)c1ccc(C)cc1. The summed E-state index contributed by atoms with van der Waals surface area (Å²) in [4.78, 5) is 11.6. The molecule has 0 aromatic heterocycles. The first-order valence-corrected chi connectivity index (χ1v) is 6.06. The Morgan fingerprint density at radius 1 is 1.39 bits per heavy atom. The van der Waals surface area contributed by atoms with E-state index in [9.17, 15) is 9.90 Å². The van der Waals surface area contributed by atoms with Gasteiger partial charge in [-0.3, -0.25) is 4.79 Å². The number of rotatable bonds is 7. The quantitative estimate of drug-likeness (QED) is 0.723. The van der Waals surface area contributed by atoms with Gasteiger partial charge in [-0.15, -0.1) is 0 Å². The number of carboxylic acids is 1. The van der Waals surface area contributed by atoms with Gasteiger partial charge in [0.15, 0.2) is 0 Å². The summed E-state index contributed by atoms with van der Waals surface area (Å²) in [6.07, 6.45) is 1.16. The van der Waals surface area contributed by atoms with E-state index in [1.807, 2.05) is 31.2 Å². The molecule has 1 aromatic rings. The van der Waals surface area contributed by atoms with Gasteiger partial charge in [-0.25, -0.2) is 0 Å². The molecule has 0 radical (unpaired) electrons. The van der Waals surface area contributed by atoms with Gasteiger partial charge in [0, 0.05) is 20.3 Å². The fourth-order valence-electron chi connectivity index (χ4n) is 2.07. The van der Waals surface area contributed by atoms with Crippen LogP contribution in [0, 0.1) is 6.92 Å². The number of hydrogen-bond acceptors (Lipinski definition) is 3. The summed E-state index contributed by atoms with van der Waals surface area (Å²) < 4.78 is 4.98. The number of carbonyl (C=O) groups is 1. The van der Waals surface area contributed by atoms with Gasteiger partial charge in [-0.2, -0.15) is 0 Å². The molecule has 1 rings (SSSR count). The highest BCUT2D eigenvalue weighted by molar-refractivity contribution is 5.81. The first kappa shape index (κ1) is 14.7. The Balaban J connectivity index is 3.02. The van der Waals surface area contributed by atoms with Crippen molar-refractivity contribution in [3.8, 4) is 0 Å². The summed E-state index contributed by atoms with van der Waals surface area (Å²) >= 11 is 0. The van der Waals surface area contributed by atoms with Crippen LogP contribution in [-0.2, 0) is 14.9 Å². The molecule has 1 unspecified atom stereocenters. The van der Waals surface area contributed by atoms with Gasteiger partial charge in [0.05, 0.1) is 0 Å². The molecule has 0 heterocycles. The molecule has 0 saturated carbocycles. The molecule has 0 aliphatic carbocycles. The van der Waals surface area contributed by atoms with E-state index < -0.39 is 11.4 Å². The highest BCUT2D eigenvalue weighted by Gasteiger charge is 2.38. The maximum atomic E-state index is 11.6. The lowest BCUT2D eigenvalue weighted by Crippen LogP contribution is -2.43. The van der Waals surface area contributed by atoms with Gasteiger partial charge in [0.25, 0.3) is 0 Å². The minimum atomic E-state index is -1.01. The normalized spacial score (nSPS) is 14.2. The molecule has 0 amide bonds. The van der Waals surface area contributed by atoms with E-state index >= 15 is 0 Å². The Hall–Kier alpha value is -1.39. The zero-order chi connectivity index (χ0) is 13.6. The van der Waals surface area contributed by atoms with E-state index in [-0.39, 0.29) is 6.54 Å². The van der Waals surface area contributed by atoms with Crippen molar-refractivity contribution < 1.29 is 14.6 Å². The molecule has 100 valence electrons. The number of hydrogen-bond donors (Lipinski definition) is 2. The van der Waals surface area contributed by atoms with Crippen molar-refractivity contribution in [1.82, 2.24) is 0 Å². The average molecular weight is 251 g/mol. The van der Waals surface area contributed by atoms with Crippen LogP contribution in [0.15, 0.2) is 24.3 Å². The molecule has 0 fully saturated rings. The summed E-state index contributed by atoms with van der Waals surface area (Å²) in [5.41, 5.74) is 6.60. The van der Waals surface area contributed by atoms with Crippen LogP contribution in [0.4, 0.5) is 0 Å². The third kappa shape index (κ3) is 3.09. The number of methoxy groups -OCH3 is 1. The predicted molar refractivity (Wildman–Crippen MR) is 70.7 cm³/mol. The number of carboxylic acid groups (broad SMARTS) is 1. The van der Waals surface area contributed by atoms with Gasteiger partial charge in [-0.05, 0) is 25.3 Å². The monoisotopic (exact) mass is 251 g/mol. The van der Waals surface area contributed by atoms with Crippen molar-refractivity contribution in [3.63, 3.8) is 0 Å². The van der Waals surface area contributed by atoms with Crippen LogP contribution in [0.25, 0.3) is 0 Å². The lowest BCUT2D eigenvalue weighted by molar-refractivity contribution is -0.144. The van der Waals surface area contributed by atoms with Gasteiger partial charge in [0.1, 0.15) is 5.41 Å². The molecule has 1 atom stereocenters. The van der Waals surface area contributed by atoms with Crippen LogP contribution in [0.3, 0.4) is 0 Å². The Bertz CT molecular complexity index is 389. The molecular weight excluding hydrogens is 230 g/mol. The Morgan fingerprint density at radius 2 is 2.00 bits per heavy atom. The third-order valence-electron chi connectivity index (χ3n) is 3.31. The van der Waals surface area contributed by atoms with Crippen molar-refractivity contribution in [2.45, 2.75) is 25.2 Å². The predicted octanol–water partition coefficient (Wildman–Crippen LogP) is 1.70. The Kier molecular flexibility index (Phi) is 5.31. The van der Waals surface area contributed by atoms with Crippen LogP contribution >= 0.6 is 0 Å². The zero-order valence-corrected chi connectivity index (χ0v) is 11.0. The van der Waals surface area contributed by atoms with Gasteiger partial charge in [0.2, 0.25) is 0 Å². The maximum Gasteiger partial charge on any atom is 0.315 e. The second-order valence-electron chi connectivity index (χ2n) is 4.55. The molecule has 0 saturated heterocycles. The number of benzene rings is 1. The fraction of sp³-hybridized carbons (Fsp3) is 0.500. The van der Waals surface area contributed by atoms with E-state index in [0.29, 0.717) is 19.4 Å². The topological polar surface area (TPSA) is 72.5 Å². The van der Waals surface area contributed by atoms with E-state index in [2.05, 4.69) is 0 Å². The molecular formula is C14H21NO3. The number of aliphatic carboxylic acids is 1. The van der Waals surface area contributed by atoms with Crippen molar-refractivity contribution in [3.05, 3.63) is 35.4 Å². The third-order valence-corrected chi connectivity index (χ3v) is 3.31. The Morgan fingerprint density at radius 3 is 2.44 bits per heavy atom. The molecule has 18 heavy (non-hydrogen) atoms. The lowest BCUT2D eigenvalue weighted by Gasteiger charge is -2.28. The fourth-order valence-corrected chi connectivity index (χ4v) is 2.07. The lowest BCUT2D eigenvalue weighted by atomic mass is 9.76. The molecule has 4 heteroatoms. The van der Waals surface area contributed by atoms with Crippen LogP contribution in [0.2, 0.25) is 0 Å². The van der Waals surface area contributed by atoms with Gasteiger partial charge in [-0.1, -0.05) is 29.8 Å². The molecule has 0 bridgehead atoms. The minimum absolute atomic E-state index is 0.0924. The van der Waals surface area contributed by atoms with Crippen LogP contribution < -0.4 is 5.73 Å². The number of ether oxygens (including phenoxy) is 1. The van der Waals surface area contributed by atoms with E-state index in [1.165, 1.54) is 0 Å². The molecule has 0 aliphatic rings. The summed E-state index contributed by atoms with van der Waals surface area (Å²) in [6, 6.07) is 7.53. The molecule has 4 nitrogen and oxygen atoms in total. The maximum absolute atomic E-state index is 11.6. The molecule has 0 aliphatic heterocycles. The number of nitrogens with two attached hydrogens (primary N) is 1. The highest BCUT2D eigenvalue weighted by atomic mass is 16.5. The van der Waals surface area contributed by atoms with Gasteiger partial charge < -0.3 is 15.6 Å². The molecule has 3 N–H and O–H groups in total. The summed E-state index contributed by atoms with van der Waals surface area (Å²) in [6.45, 7) is 2.61. The number of aryl methyl sites for hydroxylation is 1. The van der Waals surface area contributed by atoms with Crippen molar-refractivity contribution >= 4 is 5.97 Å². The largest absolute Gasteiger partial charge is 0.481 e. The first-order chi connectivity index (χ1) is 8.56. The summed E-state index contributed by atoms with van der Waals surface area (Å²) in [5, 5.41) is 9.53. The second-order valence-corrected chi connectivity index (χ2v) is 4.55. The van der Waals surface area contributed by atoms with Crippen molar-refractivity contribution in [1.29, 1.82) is 0 Å². The van der Waals surface area contributed by atoms with Crippen molar-refractivity contribution in [2.75, 3.05) is 20.3 Å². The highest BCUT2D eigenvalue weighted by Crippen LogP contribution is 2.29. The molecule has 1 aromatic carbocycles. The second kappa shape index (κ2) is 6.52. The van der Waals surface area contributed by atoms with Crippen LogP contribution in [0.1, 0.15) is 24.0 Å². The molecule has 0 spiro atoms. The Labute approximate surface area is 108 Å². The summed E-state index contributed by atoms with van der Waals surface area (Å²) in [5.74, 6) is -0.870. The van der Waals surface area contributed by atoms with E-state index in [1.54, 1.807) is 7.11 Å². The smallest absolute Gasteiger partial charge is 0.315 e. The van der Waals surface area contributed by atoms with Crippen molar-refractivity contribution in [2.24, 2.45) is 5.73 Å². The standard InChI is InChI=1S/C14H21NO3/c1-11-4-6-12(7-5-11)14(10-15,13(16)17)8-3-9-18-2/h4-7H,3,8-10,15H2,1-2H3,(H,16,17). The van der Waals surface area contributed by atoms with Crippen LogP contribution in [0.5, 0.6) is 0 Å². The van der Waals surface area contributed by atoms with Gasteiger partial charge >= 0.3 is 5.97 Å². The van der Waals surface area contributed by atoms with Crippen LogP contribution in [-0.4, -0.2) is 31.3 Å². The minimum Gasteiger partial charge on any atom is -0.481 e. The summed E-state index contributed by atoms with van der Waals surface area (Å²) in [7, 11) is 1.61. The van der Waals surface area contributed by atoms with E-state index in [0.717, 1.165) is 11.1 Å². The zero-order valence-electron chi connectivity index (χ0n) is 11.0. The van der Waals surface area contributed by atoms with E-state index in [4.69, 9.17) is 10.5 Å². The average Bonchev–Trinajstić information content (AvgIpc) is 2.36.